The maximum Gasteiger partial charge on any atom is 0.488 e. The van der Waals surface area contributed by atoms with Crippen LogP contribution in [0, 0.1) is 62.3 Å². The summed E-state index contributed by atoms with van der Waals surface area (Å²) in [7, 11) is -1.34. The molecule has 0 unspecified atom stereocenters. The zero-order chi connectivity index (χ0) is 95.8. The number of hydrogen-bond donors (Lipinski definition) is 5. The zero-order valence-electron chi connectivity index (χ0n) is 78.1. The summed E-state index contributed by atoms with van der Waals surface area (Å²) in [5, 5.41) is 36.0. The van der Waals surface area contributed by atoms with Crippen molar-refractivity contribution in [3.63, 3.8) is 0 Å². The van der Waals surface area contributed by atoms with Crippen molar-refractivity contribution in [2.75, 3.05) is 26.6 Å². The van der Waals surface area contributed by atoms with Gasteiger partial charge in [0.1, 0.15) is 0 Å². The highest BCUT2D eigenvalue weighted by molar-refractivity contribution is 9.11. The van der Waals surface area contributed by atoms with E-state index in [0.29, 0.717) is 5.46 Å². The van der Waals surface area contributed by atoms with Gasteiger partial charge in [-0.3, -0.25) is 0 Å². The molecule has 22 aromatic rings. The van der Waals surface area contributed by atoms with Crippen molar-refractivity contribution in [1.29, 1.82) is 0 Å². The molecule has 22 aromatic carbocycles. The van der Waals surface area contributed by atoms with Crippen LogP contribution in [0.1, 0.15) is 50.1 Å². The first-order valence-corrected chi connectivity index (χ1v) is 49.0. The lowest BCUT2D eigenvalue weighted by Gasteiger charge is -2.32. The molecule has 0 heterocycles. The third-order valence-corrected chi connectivity index (χ3v) is 28.5. The van der Waals surface area contributed by atoms with Gasteiger partial charge in [-0.2, -0.15) is 0 Å². The van der Waals surface area contributed by atoms with Crippen molar-refractivity contribution in [3.05, 3.63) is 505 Å². The van der Waals surface area contributed by atoms with Crippen LogP contribution in [0.3, 0.4) is 0 Å². The topological polar surface area (TPSA) is 111 Å². The molecule has 0 aliphatic carbocycles. The number of hydrogen-bond acceptors (Lipinski definition) is 7. The van der Waals surface area contributed by atoms with Gasteiger partial charge in [0.15, 0.2) is 0 Å². The molecular weight excluding hydrogens is 1930 g/mol. The monoisotopic (exact) mass is 2040 g/mol. The highest BCUT2D eigenvalue weighted by atomic mass is 79.9. The second-order valence-corrected chi connectivity index (χ2v) is 37.6. The molecule has 0 bridgehead atoms. The van der Waals surface area contributed by atoms with Crippen LogP contribution in [0.4, 0.5) is 56.9 Å². The summed E-state index contributed by atoms with van der Waals surface area (Å²) in [6.45, 7) is 19.4. The average molecular weight is 2040 g/mol. The van der Waals surface area contributed by atoms with Crippen molar-refractivity contribution in [1.82, 2.24) is 0 Å². The Morgan fingerprint density at radius 3 is 0.898 bits per heavy atom. The number of nitrogen functional groups attached to an aromatic ring is 2. The Hall–Kier alpha value is -14.2. The van der Waals surface area contributed by atoms with E-state index in [1.165, 1.54) is 175 Å². The molecule has 0 atom stereocenters. The van der Waals surface area contributed by atoms with Crippen molar-refractivity contribution in [2.45, 2.75) is 62.3 Å². The van der Waals surface area contributed by atoms with Gasteiger partial charge in [-0.15, -0.1) is 0 Å². The summed E-state index contributed by atoms with van der Waals surface area (Å²) < 4.78 is 4.57. The molecule has 0 saturated carbocycles. The smallest absolute Gasteiger partial charge is 0.423 e. The number of nitrogens with one attached hydrogen (secondary N) is 1. The Morgan fingerprint density at radius 1 is 0.219 bits per heavy atom. The predicted octanol–water partition coefficient (Wildman–Crippen LogP) is 35.6. The molecule has 7 nitrogen and oxygen atoms in total. The molecule has 0 amide bonds. The van der Waals surface area contributed by atoms with E-state index in [0.717, 1.165) is 58.7 Å². The van der Waals surface area contributed by atoms with Gasteiger partial charge < -0.3 is 36.6 Å². The molecule has 0 aromatic heterocycles. The normalized spacial score (nSPS) is 10.8. The summed E-state index contributed by atoms with van der Waals surface area (Å²) in [5.74, 6) is 0. The maximum absolute atomic E-state index is 8.58. The Kier molecular flexibility index (Phi) is 31.2. The van der Waals surface area contributed by atoms with Gasteiger partial charge in [0, 0.05) is 74.2 Å². The molecule has 0 spiro atoms. The van der Waals surface area contributed by atoms with Gasteiger partial charge in [-0.25, -0.2) is 0 Å². The first-order valence-electron chi connectivity index (χ1n) is 45.8. The number of halogens is 4. The molecular formula is C125H106BBr4N5O2. The number of anilines is 10. The summed E-state index contributed by atoms with van der Waals surface area (Å²) in [5.41, 5.74) is 43.9. The average Bonchev–Trinajstić information content (AvgIpc) is 0.720. The van der Waals surface area contributed by atoms with Crippen LogP contribution in [0.2, 0.25) is 0 Å². The van der Waals surface area contributed by atoms with Gasteiger partial charge in [-0.05, 0) is 301 Å². The summed E-state index contributed by atoms with van der Waals surface area (Å²) >= 11 is 14.1. The first kappa shape index (κ1) is 96.0. The molecule has 7 N–H and O–H groups in total. The van der Waals surface area contributed by atoms with E-state index in [2.05, 4.69) is 468 Å². The van der Waals surface area contributed by atoms with Crippen molar-refractivity contribution < 1.29 is 10.0 Å². The lowest BCUT2D eigenvalue weighted by molar-refractivity contribution is 0.426. The van der Waals surface area contributed by atoms with Gasteiger partial charge in [0.25, 0.3) is 0 Å². The first-order chi connectivity index (χ1) is 66.6. The molecule has 22 rings (SSSR count). The molecule has 674 valence electrons. The minimum Gasteiger partial charge on any atom is -0.423 e. The van der Waals surface area contributed by atoms with Crippen molar-refractivity contribution in [2.24, 2.45) is 0 Å². The van der Waals surface area contributed by atoms with Crippen LogP contribution < -0.4 is 32.0 Å². The SMILES string of the molecule is Brc1ccc2ccc3c(Br)ccc4ccc1c2c43.Cc1c(N)cccc1-c1ccccc1.Cc1c(N)cccc1Br.Cc1ccccc1Br.Cc1ccccc1N(c1cccc(-c2ccccc2)c1C)c1ccc2ccc3c(N(c4ccccc4C)c4cccc(-c5ccccc5)c4C)ccc4ccc1c2c43.Cc1ccccc1Nc1cccc(-c2ccccc2)c1C.OB(O)c1ccccc1. The van der Waals surface area contributed by atoms with E-state index in [1.54, 1.807) is 24.3 Å². The van der Waals surface area contributed by atoms with E-state index in [9.17, 15) is 0 Å². The van der Waals surface area contributed by atoms with Crippen LogP contribution in [-0.2, 0) is 0 Å². The maximum atomic E-state index is 8.58. The summed E-state index contributed by atoms with van der Waals surface area (Å²) in [6.07, 6.45) is 0. The van der Waals surface area contributed by atoms with Crippen LogP contribution >= 0.6 is 63.7 Å². The second-order valence-electron chi connectivity index (χ2n) is 34.1. The zero-order valence-corrected chi connectivity index (χ0v) is 84.4. The molecule has 12 heteroatoms. The standard InChI is InChI=1S/C56H44N2.C20H19N.C16H8Br2.C13H13N.C7H8BrN.C7H7Br.C6H7BO2/c1-37-17-11-13-25-49(37)57(51-27-15-23-45(39(51)3)41-19-7-5-8-20-41)53-35-31-43-30-34-48-54(36-32-44-29-33-47(53)55(43)56(44)48)58(50-26-14-12-18-38(50)2)52-28-16-24-46(40(52)4)42-21-9-6-10-22-42;1-15-9-6-7-13-19(15)21-20-14-8-12-18(16(20)2)17-10-4-3-5-11-17;17-13-8-4-10-2-6-12-14(18)7-3-9-1-5-11(13)16(10)15(9)12;1-10-12(8-5-9-13(10)14)11-6-3-2-4-7-11;1-5-6(8)3-2-4-7(5)9;1-6-4-2-3-5-7(6)8;8-7(9)6-4-2-1-3-5-6/h5-36H,1-4H3;3-14,21H,1-2H3;1-8H;2-9H,14H2,1H3;2-4H,9H2,1H3;2-5H,1H3;1-5,8-9H. The lowest BCUT2D eigenvalue weighted by atomic mass is 9.81. The fourth-order valence-electron chi connectivity index (χ4n) is 17.8. The number of aryl methyl sites for hydroxylation is 4. The van der Waals surface area contributed by atoms with Crippen LogP contribution in [-0.4, -0.2) is 17.2 Å². The highest BCUT2D eigenvalue weighted by Crippen LogP contribution is 2.51. The molecule has 0 radical (unpaired) electrons. The van der Waals surface area contributed by atoms with Gasteiger partial charge in [0.05, 0.1) is 11.4 Å². The van der Waals surface area contributed by atoms with Gasteiger partial charge in [0.2, 0.25) is 0 Å². The fourth-order valence-corrected chi connectivity index (χ4v) is 19.4. The molecule has 0 fully saturated rings. The number of nitrogens with zero attached hydrogens (tertiary/aromatic N) is 2. The van der Waals surface area contributed by atoms with Crippen LogP contribution in [0.15, 0.2) is 455 Å². The van der Waals surface area contributed by atoms with E-state index in [1.807, 2.05) is 85.8 Å². The molecule has 0 saturated heterocycles. The fraction of sp³-hybridized carbons (Fsp3) is 0.0720. The third-order valence-electron chi connectivity index (χ3n) is 25.4. The van der Waals surface area contributed by atoms with Crippen LogP contribution in [0.5, 0.6) is 0 Å². The van der Waals surface area contributed by atoms with E-state index in [4.69, 9.17) is 21.5 Å². The minimum atomic E-state index is -1.34. The van der Waals surface area contributed by atoms with Crippen LogP contribution in [0.25, 0.3) is 109 Å². The number of rotatable bonds is 13. The minimum absolute atomic E-state index is 0.525. The molecule has 0 aliphatic heterocycles. The van der Waals surface area contributed by atoms with E-state index in [-0.39, 0.29) is 0 Å². The summed E-state index contributed by atoms with van der Waals surface area (Å²) in [4.78, 5) is 4.98. The quantitative estimate of drug-likeness (QED) is 0.0444. The number of nitrogens with two attached hydrogens (primary N) is 2. The Labute approximate surface area is 838 Å². The Bertz CT molecular complexity index is 7590. The lowest BCUT2D eigenvalue weighted by Crippen LogP contribution is -2.29. The predicted molar refractivity (Wildman–Crippen MR) is 605 cm³/mol. The third kappa shape index (κ3) is 21.7. The largest absolute Gasteiger partial charge is 0.488 e. The Balaban J connectivity index is 0.000000138. The molecule has 0 aliphatic rings. The van der Waals surface area contributed by atoms with E-state index < -0.39 is 7.12 Å². The molecule has 137 heavy (non-hydrogen) atoms. The number of para-hydroxylation sites is 3. The second kappa shape index (κ2) is 44.5. The van der Waals surface area contributed by atoms with Gasteiger partial charge in [-0.1, -0.05) is 416 Å². The van der Waals surface area contributed by atoms with Crippen molar-refractivity contribution in [3.8, 4) is 44.5 Å². The van der Waals surface area contributed by atoms with E-state index >= 15 is 0 Å². The highest BCUT2D eigenvalue weighted by Gasteiger charge is 2.26. The summed E-state index contributed by atoms with van der Waals surface area (Å²) in [6, 6.07) is 153. The number of benzene rings is 22. The van der Waals surface area contributed by atoms with Crippen molar-refractivity contribution >= 4 is 198 Å². The van der Waals surface area contributed by atoms with Gasteiger partial charge >= 0.3 is 7.12 Å². The Morgan fingerprint density at radius 2 is 0.518 bits per heavy atom.